The summed E-state index contributed by atoms with van der Waals surface area (Å²) in [6, 6.07) is 20.9. The molecule has 32 heavy (non-hydrogen) atoms. The summed E-state index contributed by atoms with van der Waals surface area (Å²) in [7, 11) is 0. The first-order chi connectivity index (χ1) is 15.4. The summed E-state index contributed by atoms with van der Waals surface area (Å²) in [6.45, 7) is 0.259. The second-order valence-electron chi connectivity index (χ2n) is 7.53. The molecule has 0 amide bonds. The van der Waals surface area contributed by atoms with Crippen LogP contribution in [0.15, 0.2) is 72.8 Å². The minimum Gasteiger partial charge on any atom is -0.354 e. The molecule has 162 valence electrons. The number of nitrogens with zero attached hydrogens (tertiary/aromatic N) is 3. The number of ether oxygens (including phenoxy) is 1. The molecule has 2 atom stereocenters. The quantitative estimate of drug-likeness (QED) is 0.216. The normalized spacial score (nSPS) is 19.8. The highest BCUT2D eigenvalue weighted by molar-refractivity contribution is 7.71. The van der Waals surface area contributed by atoms with Crippen molar-refractivity contribution < 1.29 is 9.13 Å². The lowest BCUT2D eigenvalue weighted by Gasteiger charge is -2.14. The molecular formula is C23H17Cl2FN4OS. The van der Waals surface area contributed by atoms with Gasteiger partial charge in [-0.1, -0.05) is 65.7 Å². The van der Waals surface area contributed by atoms with E-state index in [2.05, 4.69) is 5.10 Å². The zero-order chi connectivity index (χ0) is 22.5. The summed E-state index contributed by atoms with van der Waals surface area (Å²) in [5, 5.41) is 5.74. The Labute approximate surface area is 198 Å². The molecule has 0 saturated carbocycles. The standard InChI is InChI=1S/C23H17Cl2FN4OS/c24-18-7-3-1-5-16(18)20-23(31-20,14-9-11-15(26)12-10-14)13-29-22(32)30(27)21(28-29)17-6-2-4-8-19(17)25/h1-12,20H,13,27H2/t20-,23-/m1/s1. The summed E-state index contributed by atoms with van der Waals surface area (Å²) >= 11 is 18.3. The van der Waals surface area contributed by atoms with E-state index >= 15 is 0 Å². The molecule has 1 aliphatic heterocycles. The van der Waals surface area contributed by atoms with E-state index in [0.29, 0.717) is 26.2 Å². The highest BCUT2D eigenvalue weighted by Crippen LogP contribution is 2.59. The van der Waals surface area contributed by atoms with Gasteiger partial charge in [0.2, 0.25) is 4.77 Å². The van der Waals surface area contributed by atoms with E-state index in [1.807, 2.05) is 42.5 Å². The molecule has 5 rings (SSSR count). The summed E-state index contributed by atoms with van der Waals surface area (Å²) in [6.07, 6.45) is -0.352. The number of hydrogen-bond donors (Lipinski definition) is 1. The van der Waals surface area contributed by atoms with Crippen LogP contribution >= 0.6 is 35.4 Å². The zero-order valence-corrected chi connectivity index (χ0v) is 18.9. The maximum absolute atomic E-state index is 13.6. The smallest absolute Gasteiger partial charge is 0.217 e. The Morgan fingerprint density at radius 1 is 1.00 bits per heavy atom. The van der Waals surface area contributed by atoms with Crippen molar-refractivity contribution in [1.29, 1.82) is 0 Å². The fraction of sp³-hybridized carbons (Fsp3) is 0.130. The molecule has 2 N–H and O–H groups in total. The van der Waals surface area contributed by atoms with Gasteiger partial charge in [0.25, 0.3) is 0 Å². The molecule has 1 fully saturated rings. The van der Waals surface area contributed by atoms with Crippen LogP contribution in [0.4, 0.5) is 4.39 Å². The average Bonchev–Trinajstić information content (AvgIpc) is 3.44. The van der Waals surface area contributed by atoms with Gasteiger partial charge in [-0.3, -0.25) is 0 Å². The van der Waals surface area contributed by atoms with E-state index < -0.39 is 5.60 Å². The molecule has 3 aromatic carbocycles. The predicted octanol–water partition coefficient (Wildman–Crippen LogP) is 5.91. The van der Waals surface area contributed by atoms with E-state index in [1.54, 1.807) is 22.9 Å². The van der Waals surface area contributed by atoms with Crippen molar-refractivity contribution in [2.75, 3.05) is 5.84 Å². The molecule has 0 radical (unpaired) electrons. The van der Waals surface area contributed by atoms with Gasteiger partial charge < -0.3 is 10.6 Å². The van der Waals surface area contributed by atoms with E-state index in [4.69, 9.17) is 46.0 Å². The fourth-order valence-corrected chi connectivity index (χ4v) is 4.56. The lowest BCUT2D eigenvalue weighted by Crippen LogP contribution is -2.21. The van der Waals surface area contributed by atoms with Gasteiger partial charge >= 0.3 is 0 Å². The van der Waals surface area contributed by atoms with Gasteiger partial charge in [0.15, 0.2) is 5.82 Å². The van der Waals surface area contributed by atoms with Crippen molar-refractivity contribution >= 4 is 35.4 Å². The maximum atomic E-state index is 13.6. The van der Waals surface area contributed by atoms with E-state index in [0.717, 1.165) is 11.1 Å². The van der Waals surface area contributed by atoms with Gasteiger partial charge in [-0.25, -0.2) is 13.7 Å². The minimum absolute atomic E-state index is 0.259. The van der Waals surface area contributed by atoms with Crippen molar-refractivity contribution in [2.45, 2.75) is 18.2 Å². The van der Waals surface area contributed by atoms with E-state index in [-0.39, 0.29) is 18.5 Å². The summed E-state index contributed by atoms with van der Waals surface area (Å²) < 4.78 is 23.1. The number of nitrogen functional groups attached to an aromatic ring is 1. The number of epoxide rings is 1. The van der Waals surface area contributed by atoms with Crippen molar-refractivity contribution in [2.24, 2.45) is 0 Å². The number of halogens is 3. The first kappa shape index (κ1) is 21.2. The Bertz CT molecular complexity index is 1370. The van der Waals surface area contributed by atoms with Crippen molar-refractivity contribution in [3.63, 3.8) is 0 Å². The average molecular weight is 487 g/mol. The van der Waals surface area contributed by atoms with Gasteiger partial charge in [0, 0.05) is 16.1 Å². The first-order valence-electron chi connectivity index (χ1n) is 9.79. The van der Waals surface area contributed by atoms with Crippen LogP contribution in [0.3, 0.4) is 0 Å². The van der Waals surface area contributed by atoms with E-state index in [1.165, 1.54) is 16.8 Å². The molecule has 0 aliphatic carbocycles. The Morgan fingerprint density at radius 2 is 1.66 bits per heavy atom. The Balaban J connectivity index is 1.59. The highest BCUT2D eigenvalue weighted by Gasteiger charge is 2.59. The van der Waals surface area contributed by atoms with Crippen LogP contribution in [0.2, 0.25) is 10.0 Å². The van der Waals surface area contributed by atoms with Crippen LogP contribution in [0.5, 0.6) is 0 Å². The molecule has 0 unspecified atom stereocenters. The monoisotopic (exact) mass is 486 g/mol. The fourth-order valence-electron chi connectivity index (χ4n) is 3.91. The Morgan fingerprint density at radius 3 is 2.34 bits per heavy atom. The molecule has 2 heterocycles. The molecule has 4 aromatic rings. The zero-order valence-electron chi connectivity index (χ0n) is 16.6. The van der Waals surface area contributed by atoms with Crippen molar-refractivity contribution in [3.8, 4) is 11.4 Å². The molecule has 1 aliphatic rings. The van der Waals surface area contributed by atoms with Gasteiger partial charge in [-0.05, 0) is 48.1 Å². The number of hydrogen-bond acceptors (Lipinski definition) is 4. The van der Waals surface area contributed by atoms with Crippen LogP contribution in [0.1, 0.15) is 17.2 Å². The van der Waals surface area contributed by atoms with Crippen LogP contribution in [0, 0.1) is 10.6 Å². The number of nitrogens with two attached hydrogens (primary N) is 1. The topological polar surface area (TPSA) is 61.3 Å². The summed E-state index contributed by atoms with van der Waals surface area (Å²) in [5.41, 5.74) is 1.46. The third-order valence-electron chi connectivity index (χ3n) is 5.58. The van der Waals surface area contributed by atoms with Crippen LogP contribution in [0.25, 0.3) is 11.4 Å². The first-order valence-corrected chi connectivity index (χ1v) is 11.0. The molecular weight excluding hydrogens is 470 g/mol. The Hall–Kier alpha value is -2.71. The van der Waals surface area contributed by atoms with Crippen molar-refractivity contribution in [1.82, 2.24) is 14.5 Å². The molecule has 0 bridgehead atoms. The third-order valence-corrected chi connectivity index (χ3v) is 6.67. The van der Waals surface area contributed by atoms with Crippen LogP contribution in [-0.4, -0.2) is 14.5 Å². The number of rotatable bonds is 5. The summed E-state index contributed by atoms with van der Waals surface area (Å²) in [4.78, 5) is 0. The SMILES string of the molecule is Nn1c(-c2ccccc2Cl)nn(C[C@]2(c3ccc(F)cc3)O[C@@H]2c2ccccc2Cl)c1=S. The molecule has 1 aromatic heterocycles. The maximum Gasteiger partial charge on any atom is 0.217 e. The molecule has 5 nitrogen and oxygen atoms in total. The van der Waals surface area contributed by atoms with Crippen molar-refractivity contribution in [3.05, 3.63) is 105 Å². The van der Waals surface area contributed by atoms with Gasteiger partial charge in [-0.2, -0.15) is 0 Å². The lowest BCUT2D eigenvalue weighted by molar-refractivity contribution is 0.261. The second-order valence-corrected chi connectivity index (χ2v) is 8.71. The third kappa shape index (κ3) is 3.51. The van der Waals surface area contributed by atoms with E-state index in [9.17, 15) is 4.39 Å². The molecule has 9 heteroatoms. The second kappa shape index (κ2) is 8.01. The van der Waals surface area contributed by atoms with Crippen LogP contribution < -0.4 is 5.84 Å². The van der Waals surface area contributed by atoms with Gasteiger partial charge in [-0.15, -0.1) is 5.10 Å². The number of aromatic nitrogens is 3. The summed E-state index contributed by atoms with van der Waals surface area (Å²) in [5.74, 6) is 6.34. The Kier molecular flexibility index (Phi) is 5.29. The predicted molar refractivity (Wildman–Crippen MR) is 125 cm³/mol. The largest absolute Gasteiger partial charge is 0.354 e. The number of benzene rings is 3. The van der Waals surface area contributed by atoms with Crippen LogP contribution in [-0.2, 0) is 16.9 Å². The molecule has 0 spiro atoms. The van der Waals surface area contributed by atoms with Gasteiger partial charge in [0.1, 0.15) is 17.5 Å². The van der Waals surface area contributed by atoms with Gasteiger partial charge in [0.05, 0.1) is 11.6 Å². The minimum atomic E-state index is -0.830. The highest BCUT2D eigenvalue weighted by atomic mass is 35.5. The lowest BCUT2D eigenvalue weighted by atomic mass is 9.91. The molecule has 1 saturated heterocycles.